The Hall–Kier alpha value is -3.26. The molecule has 202 valence electrons. The predicted octanol–water partition coefficient (Wildman–Crippen LogP) is 5.62. The van der Waals surface area contributed by atoms with Crippen LogP contribution >= 0.6 is 0 Å². The van der Waals surface area contributed by atoms with Crippen molar-refractivity contribution in [3.63, 3.8) is 0 Å². The van der Waals surface area contributed by atoms with Crippen LogP contribution in [-0.4, -0.2) is 54.9 Å². The van der Waals surface area contributed by atoms with Crippen molar-refractivity contribution in [1.29, 1.82) is 5.26 Å². The second-order valence-corrected chi connectivity index (χ2v) is 16.6. The van der Waals surface area contributed by atoms with Crippen LogP contribution in [0.3, 0.4) is 0 Å². The van der Waals surface area contributed by atoms with Crippen molar-refractivity contribution < 1.29 is 9.16 Å². The quantitative estimate of drug-likeness (QED) is 0.341. The Morgan fingerprint density at radius 2 is 2.03 bits per heavy atom. The van der Waals surface area contributed by atoms with Crippen molar-refractivity contribution in [2.24, 2.45) is 0 Å². The molecule has 0 aliphatic carbocycles. The summed E-state index contributed by atoms with van der Waals surface area (Å²) in [5.41, 5.74) is 4.83. The molecule has 0 amide bonds. The molecule has 9 nitrogen and oxygen atoms in total. The summed E-state index contributed by atoms with van der Waals surface area (Å²) >= 11 is 0. The third-order valence-corrected chi connectivity index (χ3v) is 12.2. The van der Waals surface area contributed by atoms with Crippen molar-refractivity contribution in [2.75, 3.05) is 37.5 Å². The number of nitriles is 1. The number of ether oxygens (including phenoxy) is 1. The van der Waals surface area contributed by atoms with Crippen LogP contribution in [0.15, 0.2) is 30.5 Å². The van der Waals surface area contributed by atoms with E-state index in [1.165, 1.54) is 0 Å². The van der Waals surface area contributed by atoms with Crippen molar-refractivity contribution in [2.45, 2.75) is 64.7 Å². The molecular formula is C28H39N7O2Si. The standard InChI is InChI=1S/C28H39N7O2Si/c1-19-13-24(35(34-19)11-12-36-6)33-26-30-10-9-23(32-26)20-14-21(16-29)25-22(15-20)28(5,17-31-25)18-37-38(7,8)27(2,3)4/h9-10,13-15,31H,11-12,17-18H2,1-8H3,(H,30,32,33). The molecule has 3 heterocycles. The average Bonchev–Trinajstić information content (AvgIpc) is 3.39. The first-order chi connectivity index (χ1) is 17.9. The normalized spacial score (nSPS) is 17.1. The summed E-state index contributed by atoms with van der Waals surface area (Å²) in [5, 5.41) is 21.4. The maximum atomic E-state index is 9.98. The van der Waals surface area contributed by atoms with Crippen molar-refractivity contribution >= 4 is 25.8 Å². The fraction of sp³-hybridized carbons (Fsp3) is 0.500. The predicted molar refractivity (Wildman–Crippen MR) is 153 cm³/mol. The third kappa shape index (κ3) is 5.60. The van der Waals surface area contributed by atoms with E-state index in [-0.39, 0.29) is 10.5 Å². The molecule has 0 saturated heterocycles. The number of aromatic nitrogens is 4. The second kappa shape index (κ2) is 10.5. The summed E-state index contributed by atoms with van der Waals surface area (Å²) in [4.78, 5) is 9.21. The van der Waals surface area contributed by atoms with E-state index in [0.29, 0.717) is 31.3 Å². The summed E-state index contributed by atoms with van der Waals surface area (Å²) in [5.74, 6) is 1.25. The van der Waals surface area contributed by atoms with E-state index in [1.807, 2.05) is 29.8 Å². The molecule has 1 unspecified atom stereocenters. The average molecular weight is 534 g/mol. The van der Waals surface area contributed by atoms with E-state index in [0.717, 1.165) is 40.6 Å². The Balaban J connectivity index is 1.65. The second-order valence-electron chi connectivity index (χ2n) is 11.8. The molecule has 10 heteroatoms. The summed E-state index contributed by atoms with van der Waals surface area (Å²) < 4.78 is 13.7. The van der Waals surface area contributed by atoms with Gasteiger partial charge >= 0.3 is 0 Å². The molecule has 4 rings (SSSR count). The lowest BCUT2D eigenvalue weighted by Crippen LogP contribution is -2.45. The number of anilines is 3. The lowest BCUT2D eigenvalue weighted by atomic mass is 9.83. The van der Waals surface area contributed by atoms with Gasteiger partial charge in [-0.2, -0.15) is 10.4 Å². The minimum absolute atomic E-state index is 0.125. The van der Waals surface area contributed by atoms with E-state index in [9.17, 15) is 5.26 Å². The van der Waals surface area contributed by atoms with E-state index in [1.54, 1.807) is 13.3 Å². The highest BCUT2D eigenvalue weighted by Crippen LogP contribution is 2.44. The monoisotopic (exact) mass is 533 g/mol. The Kier molecular flexibility index (Phi) is 7.66. The highest BCUT2D eigenvalue weighted by Gasteiger charge is 2.42. The fourth-order valence-electron chi connectivity index (χ4n) is 4.30. The summed E-state index contributed by atoms with van der Waals surface area (Å²) in [6, 6.07) is 10.2. The number of methoxy groups -OCH3 is 1. The lowest BCUT2D eigenvalue weighted by Gasteiger charge is -2.39. The van der Waals surface area contributed by atoms with Crippen LogP contribution in [0.5, 0.6) is 0 Å². The lowest BCUT2D eigenvalue weighted by molar-refractivity contribution is 0.184. The van der Waals surface area contributed by atoms with E-state index < -0.39 is 8.32 Å². The number of nitrogens with one attached hydrogen (secondary N) is 2. The summed E-state index contributed by atoms with van der Waals surface area (Å²) in [6.45, 7) is 17.9. The Morgan fingerprint density at radius 1 is 1.26 bits per heavy atom. The highest BCUT2D eigenvalue weighted by molar-refractivity contribution is 6.74. The Bertz CT molecular complexity index is 1360. The molecule has 0 spiro atoms. The van der Waals surface area contributed by atoms with Gasteiger partial charge in [0.15, 0.2) is 8.32 Å². The third-order valence-electron chi connectivity index (χ3n) is 7.72. The highest BCUT2D eigenvalue weighted by atomic mass is 28.4. The molecule has 0 radical (unpaired) electrons. The van der Waals surface area contributed by atoms with Crippen molar-refractivity contribution in [3.8, 4) is 17.3 Å². The number of rotatable bonds is 9. The topological polar surface area (TPSA) is 110 Å². The van der Waals surface area contributed by atoms with Gasteiger partial charge in [0, 0.05) is 43.5 Å². The molecule has 1 aliphatic rings. The molecular weight excluding hydrogens is 494 g/mol. The van der Waals surface area contributed by atoms with Gasteiger partial charge < -0.3 is 19.8 Å². The van der Waals surface area contributed by atoms with Gasteiger partial charge in [-0.15, -0.1) is 0 Å². The SMILES string of the molecule is COCCn1nc(C)cc1Nc1nccc(-c2cc(C#N)c3c(c2)C(C)(CO[Si](C)(C)C(C)(C)C)CN3)n1. The van der Waals surface area contributed by atoms with Crippen LogP contribution in [-0.2, 0) is 21.1 Å². The van der Waals surface area contributed by atoms with Crippen LogP contribution < -0.4 is 10.6 Å². The number of aryl methyl sites for hydroxylation is 1. The number of hydrogen-bond acceptors (Lipinski definition) is 8. The Labute approximate surface area is 226 Å². The maximum absolute atomic E-state index is 9.98. The van der Waals surface area contributed by atoms with Crippen LogP contribution in [0.2, 0.25) is 18.1 Å². The van der Waals surface area contributed by atoms with Gasteiger partial charge in [0.25, 0.3) is 0 Å². The van der Waals surface area contributed by atoms with Crippen molar-refractivity contribution in [3.05, 3.63) is 47.3 Å². The molecule has 0 saturated carbocycles. The zero-order chi connectivity index (χ0) is 27.7. The molecule has 0 fully saturated rings. The van der Waals surface area contributed by atoms with Gasteiger partial charge in [-0.05, 0) is 48.8 Å². The summed E-state index contributed by atoms with van der Waals surface area (Å²) in [7, 11) is -0.264. The van der Waals surface area contributed by atoms with Gasteiger partial charge in [0.2, 0.25) is 5.95 Å². The zero-order valence-electron chi connectivity index (χ0n) is 23.8. The van der Waals surface area contributed by atoms with Crippen LogP contribution in [0.1, 0.15) is 44.5 Å². The van der Waals surface area contributed by atoms with E-state index in [2.05, 4.69) is 73.6 Å². The smallest absolute Gasteiger partial charge is 0.228 e. The van der Waals surface area contributed by atoms with E-state index >= 15 is 0 Å². The van der Waals surface area contributed by atoms with Crippen molar-refractivity contribution in [1.82, 2.24) is 19.7 Å². The van der Waals surface area contributed by atoms with E-state index in [4.69, 9.17) is 14.1 Å². The summed E-state index contributed by atoms with van der Waals surface area (Å²) in [6.07, 6.45) is 1.73. The largest absolute Gasteiger partial charge is 0.416 e. The van der Waals surface area contributed by atoms with Crippen LogP contribution in [0, 0.1) is 18.3 Å². The zero-order valence-corrected chi connectivity index (χ0v) is 24.8. The van der Waals surface area contributed by atoms with Gasteiger partial charge in [0.05, 0.1) is 35.8 Å². The first kappa shape index (κ1) is 27.8. The minimum atomic E-state index is -1.93. The first-order valence-corrected chi connectivity index (χ1v) is 15.9. The molecule has 1 atom stereocenters. The van der Waals surface area contributed by atoms with Gasteiger partial charge in [0.1, 0.15) is 11.9 Å². The van der Waals surface area contributed by atoms with Gasteiger partial charge in [-0.1, -0.05) is 27.7 Å². The molecule has 2 N–H and O–H groups in total. The first-order valence-electron chi connectivity index (χ1n) is 13.0. The molecule has 2 aromatic heterocycles. The number of fused-ring (bicyclic) bond motifs is 1. The van der Waals surface area contributed by atoms with Gasteiger partial charge in [-0.25, -0.2) is 14.6 Å². The fourth-order valence-corrected chi connectivity index (χ4v) is 5.41. The molecule has 3 aromatic rings. The minimum Gasteiger partial charge on any atom is -0.416 e. The Morgan fingerprint density at radius 3 is 2.71 bits per heavy atom. The number of benzene rings is 1. The molecule has 1 aliphatic heterocycles. The maximum Gasteiger partial charge on any atom is 0.228 e. The molecule has 38 heavy (non-hydrogen) atoms. The van der Waals surface area contributed by atoms with Crippen LogP contribution in [0.4, 0.5) is 17.5 Å². The molecule has 0 bridgehead atoms. The van der Waals surface area contributed by atoms with Gasteiger partial charge in [-0.3, -0.25) is 0 Å². The van der Waals surface area contributed by atoms with Crippen LogP contribution in [0.25, 0.3) is 11.3 Å². The molecule has 1 aromatic carbocycles. The number of hydrogen-bond donors (Lipinski definition) is 2. The number of nitrogens with zero attached hydrogens (tertiary/aromatic N) is 5.